The average Bonchev–Trinajstić information content (AvgIpc) is 2.79. The molecule has 0 aliphatic carbocycles. The zero-order valence-corrected chi connectivity index (χ0v) is 17.5. The van der Waals surface area contributed by atoms with Gasteiger partial charge in [-0.15, -0.1) is 0 Å². The van der Waals surface area contributed by atoms with Crippen LogP contribution in [0.4, 0.5) is 0 Å². The maximum Gasteiger partial charge on any atom is 0.326 e. The van der Waals surface area contributed by atoms with E-state index in [-0.39, 0.29) is 17.5 Å². The van der Waals surface area contributed by atoms with Crippen molar-refractivity contribution in [1.29, 1.82) is 5.26 Å². The Balaban J connectivity index is 1.96. The van der Waals surface area contributed by atoms with Crippen LogP contribution in [0.5, 0.6) is 11.5 Å². The molecule has 1 unspecified atom stereocenters. The number of rotatable bonds is 8. The van der Waals surface area contributed by atoms with E-state index in [1.165, 1.54) is 20.3 Å². The van der Waals surface area contributed by atoms with Crippen molar-refractivity contribution in [2.45, 2.75) is 19.0 Å². The monoisotopic (exact) mass is 435 g/mol. The maximum absolute atomic E-state index is 12.7. The predicted molar refractivity (Wildman–Crippen MR) is 116 cm³/mol. The van der Waals surface area contributed by atoms with E-state index in [0.29, 0.717) is 16.9 Å². The van der Waals surface area contributed by atoms with Gasteiger partial charge < -0.3 is 19.9 Å². The number of pyridine rings is 1. The van der Waals surface area contributed by atoms with Crippen LogP contribution in [0.3, 0.4) is 0 Å². The Morgan fingerprint density at radius 3 is 2.38 bits per heavy atom. The lowest BCUT2D eigenvalue weighted by molar-refractivity contribution is -0.141. The molecule has 0 radical (unpaired) electrons. The van der Waals surface area contributed by atoms with Gasteiger partial charge in [-0.3, -0.25) is 14.2 Å². The second-order valence-electron chi connectivity index (χ2n) is 6.97. The average molecular weight is 435 g/mol. The van der Waals surface area contributed by atoms with E-state index >= 15 is 0 Å². The molecule has 0 aliphatic heterocycles. The molecule has 0 aliphatic rings. The van der Waals surface area contributed by atoms with Gasteiger partial charge in [-0.25, -0.2) is 4.79 Å². The van der Waals surface area contributed by atoms with E-state index in [9.17, 15) is 24.8 Å². The second kappa shape index (κ2) is 9.66. The minimum Gasteiger partial charge on any atom is -0.493 e. The van der Waals surface area contributed by atoms with Crippen LogP contribution in [0.1, 0.15) is 11.1 Å². The van der Waals surface area contributed by atoms with E-state index < -0.39 is 30.0 Å². The Kier molecular flexibility index (Phi) is 6.75. The minimum absolute atomic E-state index is 0.0932. The molecular formula is C23H21N3O6. The summed E-state index contributed by atoms with van der Waals surface area (Å²) < 4.78 is 11.7. The van der Waals surface area contributed by atoms with Crippen LogP contribution < -0.4 is 20.3 Å². The highest BCUT2D eigenvalue weighted by molar-refractivity contribution is 5.90. The standard InChI is InChI=1S/C23H21N3O6/c1-31-19-10-16-15(12-24)9-22(28)26(18(16)11-20(19)32-2)13-21(27)25-17(23(29)30)8-14-6-4-3-5-7-14/h3-7,9-11,17H,8,13H2,1-2H3,(H,25,27)(H,29,30). The highest BCUT2D eigenvalue weighted by Gasteiger charge is 2.22. The van der Waals surface area contributed by atoms with Crippen molar-refractivity contribution < 1.29 is 24.2 Å². The van der Waals surface area contributed by atoms with Crippen LogP contribution in [-0.2, 0) is 22.6 Å². The molecule has 0 spiro atoms. The summed E-state index contributed by atoms with van der Waals surface area (Å²) in [6.07, 6.45) is 0.0932. The number of amides is 1. The fourth-order valence-electron chi connectivity index (χ4n) is 3.39. The largest absolute Gasteiger partial charge is 0.493 e. The van der Waals surface area contributed by atoms with Crippen molar-refractivity contribution >= 4 is 22.8 Å². The molecule has 164 valence electrons. The zero-order valence-electron chi connectivity index (χ0n) is 17.5. The van der Waals surface area contributed by atoms with Gasteiger partial charge in [0.1, 0.15) is 18.7 Å². The number of benzene rings is 2. The molecular weight excluding hydrogens is 414 g/mol. The zero-order chi connectivity index (χ0) is 23.3. The molecule has 0 bridgehead atoms. The van der Waals surface area contributed by atoms with E-state index in [4.69, 9.17) is 9.47 Å². The van der Waals surface area contributed by atoms with Crippen LogP contribution >= 0.6 is 0 Å². The number of nitriles is 1. The predicted octanol–water partition coefficient (Wildman–Crippen LogP) is 1.70. The first kappa shape index (κ1) is 22.4. The minimum atomic E-state index is -1.19. The summed E-state index contributed by atoms with van der Waals surface area (Å²) in [5.74, 6) is -1.17. The van der Waals surface area contributed by atoms with E-state index in [2.05, 4.69) is 5.32 Å². The summed E-state index contributed by atoms with van der Waals surface area (Å²) in [6, 6.07) is 13.9. The van der Waals surface area contributed by atoms with Gasteiger partial charge in [0.15, 0.2) is 11.5 Å². The molecule has 1 aromatic heterocycles. The van der Waals surface area contributed by atoms with Gasteiger partial charge in [0.2, 0.25) is 5.91 Å². The quantitative estimate of drug-likeness (QED) is 0.551. The number of hydrogen-bond acceptors (Lipinski definition) is 6. The Bertz CT molecular complexity index is 1260. The van der Waals surface area contributed by atoms with Gasteiger partial charge in [-0.2, -0.15) is 5.26 Å². The van der Waals surface area contributed by atoms with E-state index in [1.807, 2.05) is 12.1 Å². The van der Waals surface area contributed by atoms with Crippen molar-refractivity contribution in [3.63, 3.8) is 0 Å². The molecule has 1 atom stereocenters. The van der Waals surface area contributed by atoms with Gasteiger partial charge in [0, 0.05) is 23.9 Å². The number of nitrogens with zero attached hydrogens (tertiary/aromatic N) is 2. The molecule has 1 amide bonds. The lowest BCUT2D eigenvalue weighted by Crippen LogP contribution is -2.44. The molecule has 0 saturated heterocycles. The molecule has 32 heavy (non-hydrogen) atoms. The number of nitrogens with one attached hydrogen (secondary N) is 1. The highest BCUT2D eigenvalue weighted by Crippen LogP contribution is 2.32. The first-order valence-corrected chi connectivity index (χ1v) is 9.63. The highest BCUT2D eigenvalue weighted by atomic mass is 16.5. The normalized spacial score (nSPS) is 11.4. The second-order valence-corrected chi connectivity index (χ2v) is 6.97. The molecule has 0 saturated carbocycles. The first-order chi connectivity index (χ1) is 15.4. The fraction of sp³-hybridized carbons (Fsp3) is 0.217. The molecule has 9 nitrogen and oxygen atoms in total. The van der Waals surface area contributed by atoms with Crippen LogP contribution in [0.25, 0.3) is 10.9 Å². The van der Waals surface area contributed by atoms with E-state index in [0.717, 1.165) is 16.2 Å². The number of aliphatic carboxylic acids is 1. The SMILES string of the molecule is COc1cc2c(C#N)cc(=O)n(CC(=O)NC(Cc3ccccc3)C(=O)O)c2cc1OC. The third-order valence-corrected chi connectivity index (χ3v) is 4.95. The Morgan fingerprint density at radius 1 is 1.12 bits per heavy atom. The van der Waals surface area contributed by atoms with Gasteiger partial charge in [0.25, 0.3) is 5.56 Å². The molecule has 9 heteroatoms. The lowest BCUT2D eigenvalue weighted by Gasteiger charge is -2.17. The van der Waals surface area contributed by atoms with Gasteiger partial charge in [-0.05, 0) is 11.6 Å². The molecule has 3 rings (SSSR count). The van der Waals surface area contributed by atoms with Crippen molar-refractivity contribution in [2.24, 2.45) is 0 Å². The number of carbonyl (C=O) groups is 2. The summed E-state index contributed by atoms with van der Waals surface area (Å²) >= 11 is 0. The molecule has 3 aromatic rings. The van der Waals surface area contributed by atoms with E-state index in [1.54, 1.807) is 30.3 Å². The van der Waals surface area contributed by atoms with Gasteiger partial charge in [0.05, 0.1) is 25.3 Å². The maximum atomic E-state index is 12.7. The number of carboxylic acid groups (broad SMARTS) is 1. The molecule has 2 aromatic carbocycles. The van der Waals surface area contributed by atoms with Crippen molar-refractivity contribution in [3.05, 3.63) is 70.0 Å². The van der Waals surface area contributed by atoms with Crippen LogP contribution in [-0.4, -0.2) is 41.8 Å². The number of carboxylic acids is 1. The summed E-state index contributed by atoms with van der Waals surface area (Å²) in [5, 5.41) is 21.8. The summed E-state index contributed by atoms with van der Waals surface area (Å²) in [4.78, 5) is 37.0. The number of carbonyl (C=O) groups excluding carboxylic acids is 1. The van der Waals surface area contributed by atoms with Crippen LogP contribution in [0.2, 0.25) is 0 Å². The summed E-state index contributed by atoms with van der Waals surface area (Å²) in [5.41, 5.74) is 0.580. The number of methoxy groups -OCH3 is 2. The third-order valence-electron chi connectivity index (χ3n) is 4.95. The number of aromatic nitrogens is 1. The Hall–Kier alpha value is -4.32. The number of hydrogen-bond donors (Lipinski definition) is 2. The fourth-order valence-corrected chi connectivity index (χ4v) is 3.39. The topological polar surface area (TPSA) is 131 Å². The van der Waals surface area contributed by atoms with Crippen LogP contribution in [0, 0.1) is 11.3 Å². The van der Waals surface area contributed by atoms with Crippen LogP contribution in [0.15, 0.2) is 53.3 Å². The first-order valence-electron chi connectivity index (χ1n) is 9.63. The number of fused-ring (bicyclic) bond motifs is 1. The molecule has 1 heterocycles. The summed E-state index contributed by atoms with van der Waals surface area (Å²) in [6.45, 7) is -0.435. The summed E-state index contributed by atoms with van der Waals surface area (Å²) in [7, 11) is 2.87. The Morgan fingerprint density at radius 2 is 1.78 bits per heavy atom. The third kappa shape index (κ3) is 4.70. The van der Waals surface area contributed by atoms with Crippen molar-refractivity contribution in [1.82, 2.24) is 9.88 Å². The van der Waals surface area contributed by atoms with Crippen molar-refractivity contribution in [3.8, 4) is 17.6 Å². The Labute approximate surface area is 183 Å². The molecule has 0 fully saturated rings. The van der Waals surface area contributed by atoms with Gasteiger partial charge in [-0.1, -0.05) is 30.3 Å². The number of ether oxygens (including phenoxy) is 2. The van der Waals surface area contributed by atoms with Crippen molar-refractivity contribution in [2.75, 3.05) is 14.2 Å². The molecule has 2 N–H and O–H groups in total. The smallest absolute Gasteiger partial charge is 0.326 e. The van der Waals surface area contributed by atoms with Gasteiger partial charge >= 0.3 is 5.97 Å². The lowest BCUT2D eigenvalue weighted by atomic mass is 10.1.